The van der Waals surface area contributed by atoms with Crippen molar-refractivity contribution in [2.75, 3.05) is 7.11 Å². The van der Waals surface area contributed by atoms with E-state index >= 15 is 0 Å². The summed E-state index contributed by atoms with van der Waals surface area (Å²) in [5.74, 6) is 3.29. The van der Waals surface area contributed by atoms with E-state index < -0.39 is 0 Å². The van der Waals surface area contributed by atoms with Crippen LogP contribution < -0.4 is 4.74 Å². The highest BCUT2D eigenvalue weighted by Crippen LogP contribution is 2.64. The van der Waals surface area contributed by atoms with Crippen LogP contribution >= 0.6 is 0 Å². The number of rotatable bonds is 2. The number of methoxy groups -OCH3 is 1. The molecular weight excluding hydrogens is 436 g/mol. The zero-order valence-electron chi connectivity index (χ0n) is 20.5. The van der Waals surface area contributed by atoms with E-state index in [1.165, 1.54) is 16.8 Å². The van der Waals surface area contributed by atoms with E-state index in [-0.39, 0.29) is 16.6 Å². The number of hydrogen-bond acceptors (Lipinski definition) is 5. The van der Waals surface area contributed by atoms with Gasteiger partial charge >= 0.3 is 0 Å². The minimum Gasteiger partial charge on any atom is -0.496 e. The first-order valence-corrected chi connectivity index (χ1v) is 12.7. The van der Waals surface area contributed by atoms with Crippen LogP contribution in [0.4, 0.5) is 0 Å². The molecule has 0 bridgehead atoms. The van der Waals surface area contributed by atoms with Crippen molar-refractivity contribution in [3.05, 3.63) is 65.7 Å². The summed E-state index contributed by atoms with van der Waals surface area (Å²) in [6, 6.07) is 8.19. The molecule has 0 spiro atoms. The smallest absolute Gasteiger partial charge is 0.252 e. The van der Waals surface area contributed by atoms with E-state index in [0.29, 0.717) is 23.5 Å². The van der Waals surface area contributed by atoms with Gasteiger partial charge in [-0.2, -0.15) is 14.6 Å². The molecule has 178 valence electrons. The topological polar surface area (TPSA) is 69.4 Å². The SMILES string of the molecule is COc1ccccc1-c1c2c(nc3ncnn13)[C@@]1(C)CC[C@H]3[C@@H](CCC4=CC(=O)C=C[C@@]43C)[C@@H]1C2. The summed E-state index contributed by atoms with van der Waals surface area (Å²) in [4.78, 5) is 21.8. The molecular formula is C29H30N4O2. The number of hydrogen-bond donors (Lipinski definition) is 0. The van der Waals surface area contributed by atoms with Crippen molar-refractivity contribution in [1.29, 1.82) is 0 Å². The fourth-order valence-electron chi connectivity index (χ4n) is 8.07. The van der Waals surface area contributed by atoms with Crippen molar-refractivity contribution < 1.29 is 9.53 Å². The number of nitrogens with zero attached hydrogens (tertiary/aromatic N) is 4. The van der Waals surface area contributed by atoms with Crippen molar-refractivity contribution in [3.8, 4) is 17.0 Å². The number of benzene rings is 1. The maximum Gasteiger partial charge on any atom is 0.252 e. The Morgan fingerprint density at radius 3 is 2.86 bits per heavy atom. The van der Waals surface area contributed by atoms with Crippen LogP contribution in [-0.4, -0.2) is 32.5 Å². The molecule has 6 nitrogen and oxygen atoms in total. The van der Waals surface area contributed by atoms with Gasteiger partial charge in [-0.1, -0.05) is 37.6 Å². The lowest BCUT2D eigenvalue weighted by atomic mass is 9.48. The molecule has 0 aliphatic heterocycles. The van der Waals surface area contributed by atoms with Gasteiger partial charge in [0.05, 0.1) is 18.5 Å². The second kappa shape index (κ2) is 7.12. The number of carbonyl (C=O) groups excluding carboxylic acids is 1. The van der Waals surface area contributed by atoms with Gasteiger partial charge in [0, 0.05) is 22.0 Å². The monoisotopic (exact) mass is 466 g/mol. The van der Waals surface area contributed by atoms with E-state index in [9.17, 15) is 4.79 Å². The average molecular weight is 467 g/mol. The van der Waals surface area contributed by atoms with Crippen LogP contribution in [-0.2, 0) is 16.6 Å². The van der Waals surface area contributed by atoms with Gasteiger partial charge in [-0.05, 0) is 74.1 Å². The van der Waals surface area contributed by atoms with Crippen molar-refractivity contribution in [2.45, 2.75) is 51.4 Å². The third-order valence-corrected chi connectivity index (χ3v) is 9.80. The molecule has 7 rings (SSSR count). The summed E-state index contributed by atoms with van der Waals surface area (Å²) in [5.41, 5.74) is 5.93. The first kappa shape index (κ1) is 21.0. The molecule has 0 saturated heterocycles. The van der Waals surface area contributed by atoms with E-state index in [0.717, 1.165) is 49.1 Å². The molecule has 5 atom stereocenters. The van der Waals surface area contributed by atoms with E-state index in [1.54, 1.807) is 19.5 Å². The zero-order valence-corrected chi connectivity index (χ0v) is 20.5. The van der Waals surface area contributed by atoms with E-state index in [1.807, 2.05) is 22.7 Å². The predicted molar refractivity (Wildman–Crippen MR) is 133 cm³/mol. The van der Waals surface area contributed by atoms with Crippen molar-refractivity contribution in [1.82, 2.24) is 19.6 Å². The number of ether oxygens (including phenoxy) is 1. The molecule has 2 fully saturated rings. The summed E-state index contributed by atoms with van der Waals surface area (Å²) in [7, 11) is 1.72. The van der Waals surface area contributed by atoms with Gasteiger partial charge < -0.3 is 4.74 Å². The Labute approximate surface area is 205 Å². The Balaban J connectivity index is 1.39. The number of carbonyl (C=O) groups is 1. The molecule has 0 unspecified atom stereocenters. The Bertz CT molecular complexity index is 1450. The minimum atomic E-state index is -0.0119. The van der Waals surface area contributed by atoms with Gasteiger partial charge in [0.2, 0.25) is 0 Å². The molecule has 2 heterocycles. The maximum atomic E-state index is 12.1. The summed E-state index contributed by atoms with van der Waals surface area (Å²) in [6.45, 7) is 4.79. The van der Waals surface area contributed by atoms with Crippen LogP contribution in [0.1, 0.15) is 50.8 Å². The van der Waals surface area contributed by atoms with Crippen molar-refractivity contribution >= 4 is 11.6 Å². The van der Waals surface area contributed by atoms with Gasteiger partial charge in [-0.15, -0.1) is 0 Å². The molecule has 2 saturated carbocycles. The van der Waals surface area contributed by atoms with Crippen molar-refractivity contribution in [3.63, 3.8) is 0 Å². The molecule has 0 N–H and O–H groups in total. The molecule has 2 aromatic heterocycles. The standard InChI is InChI=1S/C29H30N4O2/c1-28-12-10-18(34)14-17(28)8-9-19-22(28)11-13-29(2)23(19)15-21-25(20-6-4-5-7-24(20)35-3)33-27(30-16-31-33)32-26(21)29/h4-7,10,12,14,16,19,22-23H,8-9,11,13,15H2,1-3H3/t19-,22+,23+,28+,29+/m1/s1. The lowest BCUT2D eigenvalue weighted by molar-refractivity contribution is -0.111. The number of para-hydroxylation sites is 1. The molecule has 0 amide bonds. The van der Waals surface area contributed by atoms with Gasteiger partial charge in [0.15, 0.2) is 5.78 Å². The van der Waals surface area contributed by atoms with Gasteiger partial charge in [0.25, 0.3) is 5.78 Å². The van der Waals surface area contributed by atoms with Gasteiger partial charge in [-0.25, -0.2) is 4.98 Å². The Kier molecular flexibility index (Phi) is 4.28. The normalized spacial score (nSPS) is 33.1. The highest BCUT2D eigenvalue weighted by Gasteiger charge is 2.58. The first-order valence-electron chi connectivity index (χ1n) is 12.7. The Morgan fingerprint density at radius 1 is 1.14 bits per heavy atom. The maximum absolute atomic E-state index is 12.1. The van der Waals surface area contributed by atoms with E-state index in [2.05, 4.69) is 42.1 Å². The molecule has 1 aromatic carbocycles. The summed E-state index contributed by atoms with van der Waals surface area (Å²) < 4.78 is 7.67. The molecule has 35 heavy (non-hydrogen) atoms. The lowest BCUT2D eigenvalue weighted by Crippen LogP contribution is -2.50. The van der Waals surface area contributed by atoms with Crippen LogP contribution in [0, 0.1) is 23.2 Å². The van der Waals surface area contributed by atoms with Crippen LogP contribution in [0.3, 0.4) is 0 Å². The number of fused-ring (bicyclic) bond motifs is 8. The minimum absolute atomic E-state index is 0.00669. The second-order valence-corrected chi connectivity index (χ2v) is 11.2. The fraction of sp³-hybridized carbons (Fsp3) is 0.448. The third kappa shape index (κ3) is 2.71. The first-order chi connectivity index (χ1) is 16.9. The van der Waals surface area contributed by atoms with Gasteiger partial charge in [0.1, 0.15) is 12.1 Å². The quantitative estimate of drug-likeness (QED) is 0.524. The van der Waals surface area contributed by atoms with Crippen LogP contribution in [0.5, 0.6) is 5.75 Å². The highest BCUT2D eigenvalue weighted by atomic mass is 16.5. The molecule has 0 radical (unpaired) electrons. The van der Waals surface area contributed by atoms with E-state index in [4.69, 9.17) is 9.72 Å². The number of ketones is 1. The lowest BCUT2D eigenvalue weighted by Gasteiger charge is -2.56. The third-order valence-electron chi connectivity index (χ3n) is 9.80. The van der Waals surface area contributed by atoms with Crippen molar-refractivity contribution in [2.24, 2.45) is 23.2 Å². The summed E-state index contributed by atoms with van der Waals surface area (Å²) in [6.07, 6.45) is 12.9. The number of allylic oxidation sites excluding steroid dienone is 4. The molecule has 4 aliphatic carbocycles. The Morgan fingerprint density at radius 2 is 2.00 bits per heavy atom. The van der Waals surface area contributed by atoms with Gasteiger partial charge in [-0.3, -0.25) is 4.79 Å². The number of aromatic nitrogens is 4. The summed E-state index contributed by atoms with van der Waals surface area (Å²) >= 11 is 0. The average Bonchev–Trinajstić information content (AvgIpc) is 3.45. The second-order valence-electron chi connectivity index (χ2n) is 11.2. The molecule has 3 aromatic rings. The fourth-order valence-corrected chi connectivity index (χ4v) is 8.07. The molecule has 4 aliphatic rings. The Hall–Kier alpha value is -3.28. The highest BCUT2D eigenvalue weighted by molar-refractivity contribution is 6.01. The zero-order chi connectivity index (χ0) is 23.9. The predicted octanol–water partition coefficient (Wildman–Crippen LogP) is 5.12. The largest absolute Gasteiger partial charge is 0.496 e. The van der Waals surface area contributed by atoms with Crippen LogP contribution in [0.25, 0.3) is 17.0 Å². The summed E-state index contributed by atoms with van der Waals surface area (Å²) in [5, 5.41) is 4.58. The molecule has 6 heteroatoms. The van der Waals surface area contributed by atoms with Crippen LogP contribution in [0.2, 0.25) is 0 Å². The van der Waals surface area contributed by atoms with Crippen LogP contribution in [0.15, 0.2) is 54.4 Å².